The Balaban J connectivity index is 2.05. The van der Waals surface area contributed by atoms with Crippen LogP contribution in [-0.4, -0.2) is 10.7 Å². The topological polar surface area (TPSA) is 20.2 Å². The summed E-state index contributed by atoms with van der Waals surface area (Å²) in [5.41, 5.74) is 0.487. The van der Waals surface area contributed by atoms with Gasteiger partial charge in [0.05, 0.1) is 10.1 Å². The molecular weight excluding hydrogens is 319 g/mol. The number of rotatable bonds is 2. The molecule has 1 saturated carbocycles. The molecule has 0 bridgehead atoms. The molecule has 0 heterocycles. The van der Waals surface area contributed by atoms with Crippen molar-refractivity contribution in [3.05, 3.63) is 34.1 Å². The maximum absolute atomic E-state index is 13.5. The minimum Gasteiger partial charge on any atom is -0.390 e. The number of halogens is 2. The third-order valence-electron chi connectivity index (χ3n) is 4.69. The zero-order chi connectivity index (χ0) is 15.0. The molecule has 1 aromatic carbocycles. The maximum Gasteiger partial charge on any atom is 0.137 e. The summed E-state index contributed by atoms with van der Waals surface area (Å²) in [6, 6.07) is 5.04. The van der Waals surface area contributed by atoms with Crippen LogP contribution < -0.4 is 0 Å². The van der Waals surface area contributed by atoms with Crippen molar-refractivity contribution in [2.75, 3.05) is 0 Å². The van der Waals surface area contributed by atoms with Crippen LogP contribution in [-0.2, 0) is 6.42 Å². The standard InChI is InChI=1S/C17H24BrFO/c1-16(2,3)13-7-9-17(20,10-8-13)11-12-5-4-6-14(19)15(12)18/h4-6,13,20H,7-11H2,1-3H3. The first-order chi connectivity index (χ1) is 9.21. The zero-order valence-electron chi connectivity index (χ0n) is 12.5. The molecule has 1 fully saturated rings. The Morgan fingerprint density at radius 2 is 1.90 bits per heavy atom. The molecule has 20 heavy (non-hydrogen) atoms. The molecule has 0 atom stereocenters. The van der Waals surface area contributed by atoms with E-state index in [1.54, 1.807) is 6.07 Å². The lowest BCUT2D eigenvalue weighted by Gasteiger charge is -2.41. The largest absolute Gasteiger partial charge is 0.390 e. The van der Waals surface area contributed by atoms with Crippen molar-refractivity contribution in [3.63, 3.8) is 0 Å². The molecule has 2 rings (SSSR count). The molecular formula is C17H24BrFO. The first kappa shape index (κ1) is 16.0. The van der Waals surface area contributed by atoms with Crippen LogP contribution in [0.1, 0.15) is 52.0 Å². The van der Waals surface area contributed by atoms with E-state index in [0.717, 1.165) is 31.2 Å². The summed E-state index contributed by atoms with van der Waals surface area (Å²) in [5.74, 6) is 0.410. The minimum atomic E-state index is -0.682. The Morgan fingerprint density at radius 1 is 1.30 bits per heavy atom. The predicted molar refractivity (Wildman–Crippen MR) is 84.2 cm³/mol. The normalized spacial score (nSPS) is 27.6. The van der Waals surface area contributed by atoms with Gasteiger partial charge in [-0.2, -0.15) is 0 Å². The van der Waals surface area contributed by atoms with Gasteiger partial charge in [-0.05, 0) is 64.6 Å². The molecule has 1 aliphatic rings. The van der Waals surface area contributed by atoms with Crippen LogP contribution in [0.2, 0.25) is 0 Å². The highest BCUT2D eigenvalue weighted by molar-refractivity contribution is 9.10. The number of benzene rings is 1. The average molecular weight is 343 g/mol. The molecule has 3 heteroatoms. The van der Waals surface area contributed by atoms with Crippen molar-refractivity contribution in [3.8, 4) is 0 Å². The van der Waals surface area contributed by atoms with Crippen LogP contribution in [0.5, 0.6) is 0 Å². The molecule has 0 spiro atoms. The second-order valence-corrected chi connectivity index (χ2v) is 8.05. The van der Waals surface area contributed by atoms with Gasteiger partial charge in [-0.3, -0.25) is 0 Å². The van der Waals surface area contributed by atoms with Crippen LogP contribution >= 0.6 is 15.9 Å². The van der Waals surface area contributed by atoms with Gasteiger partial charge in [-0.15, -0.1) is 0 Å². The van der Waals surface area contributed by atoms with Crippen LogP contribution in [0.4, 0.5) is 4.39 Å². The molecule has 0 radical (unpaired) electrons. The molecule has 1 aliphatic carbocycles. The molecule has 0 amide bonds. The Bertz CT molecular complexity index is 470. The Hall–Kier alpha value is -0.410. The summed E-state index contributed by atoms with van der Waals surface area (Å²) >= 11 is 3.29. The predicted octanol–water partition coefficient (Wildman–Crippen LogP) is 5.10. The fourth-order valence-electron chi connectivity index (χ4n) is 3.24. The molecule has 0 aliphatic heterocycles. The summed E-state index contributed by atoms with van der Waals surface area (Å²) in [6.45, 7) is 6.81. The van der Waals surface area contributed by atoms with Crippen molar-refractivity contribution in [1.29, 1.82) is 0 Å². The van der Waals surface area contributed by atoms with Crippen LogP contribution in [0, 0.1) is 17.2 Å². The highest BCUT2D eigenvalue weighted by atomic mass is 79.9. The van der Waals surface area contributed by atoms with E-state index in [1.807, 2.05) is 6.07 Å². The average Bonchev–Trinajstić information content (AvgIpc) is 2.34. The fraction of sp³-hybridized carbons (Fsp3) is 0.647. The van der Waals surface area contributed by atoms with Gasteiger partial charge in [-0.1, -0.05) is 32.9 Å². The van der Waals surface area contributed by atoms with Gasteiger partial charge in [-0.25, -0.2) is 4.39 Å². The van der Waals surface area contributed by atoms with Crippen LogP contribution in [0.15, 0.2) is 22.7 Å². The summed E-state index contributed by atoms with van der Waals surface area (Å²) in [5, 5.41) is 10.8. The molecule has 0 aromatic heterocycles. The zero-order valence-corrected chi connectivity index (χ0v) is 14.1. The van der Waals surface area contributed by atoms with E-state index in [9.17, 15) is 9.50 Å². The van der Waals surface area contributed by atoms with Crippen molar-refractivity contribution < 1.29 is 9.50 Å². The van der Waals surface area contributed by atoms with Crippen molar-refractivity contribution in [1.82, 2.24) is 0 Å². The lowest BCUT2D eigenvalue weighted by atomic mass is 9.67. The summed E-state index contributed by atoms with van der Waals surface area (Å²) in [4.78, 5) is 0. The van der Waals surface area contributed by atoms with Gasteiger partial charge in [0.15, 0.2) is 0 Å². The van der Waals surface area contributed by atoms with E-state index in [1.165, 1.54) is 6.07 Å². The molecule has 112 valence electrons. The van der Waals surface area contributed by atoms with Crippen molar-refractivity contribution in [2.24, 2.45) is 11.3 Å². The minimum absolute atomic E-state index is 0.255. The molecule has 1 N–H and O–H groups in total. The second-order valence-electron chi connectivity index (χ2n) is 7.25. The number of hydrogen-bond donors (Lipinski definition) is 1. The molecule has 0 unspecified atom stereocenters. The van der Waals surface area contributed by atoms with Gasteiger partial charge in [0.2, 0.25) is 0 Å². The first-order valence-corrected chi connectivity index (χ1v) is 8.16. The highest BCUT2D eigenvalue weighted by Crippen LogP contribution is 2.43. The number of aliphatic hydroxyl groups is 1. The molecule has 1 aromatic rings. The maximum atomic E-state index is 13.5. The van der Waals surface area contributed by atoms with E-state index in [-0.39, 0.29) is 5.82 Å². The van der Waals surface area contributed by atoms with E-state index in [0.29, 0.717) is 22.2 Å². The van der Waals surface area contributed by atoms with E-state index >= 15 is 0 Å². The van der Waals surface area contributed by atoms with Crippen molar-refractivity contribution >= 4 is 15.9 Å². The Kier molecular flexibility index (Phi) is 4.60. The van der Waals surface area contributed by atoms with Gasteiger partial charge in [0.1, 0.15) is 5.82 Å². The van der Waals surface area contributed by atoms with Crippen LogP contribution in [0.25, 0.3) is 0 Å². The number of hydrogen-bond acceptors (Lipinski definition) is 1. The van der Waals surface area contributed by atoms with Gasteiger partial charge >= 0.3 is 0 Å². The third kappa shape index (κ3) is 3.62. The monoisotopic (exact) mass is 342 g/mol. The second kappa shape index (κ2) is 5.76. The molecule has 1 nitrogen and oxygen atoms in total. The van der Waals surface area contributed by atoms with Crippen LogP contribution in [0.3, 0.4) is 0 Å². The third-order valence-corrected chi connectivity index (χ3v) is 5.58. The lowest BCUT2D eigenvalue weighted by molar-refractivity contribution is -0.0246. The summed E-state index contributed by atoms with van der Waals surface area (Å²) in [6.07, 6.45) is 4.23. The smallest absolute Gasteiger partial charge is 0.137 e. The highest BCUT2D eigenvalue weighted by Gasteiger charge is 2.37. The summed E-state index contributed by atoms with van der Waals surface area (Å²) in [7, 11) is 0. The van der Waals surface area contributed by atoms with Gasteiger partial charge in [0.25, 0.3) is 0 Å². The van der Waals surface area contributed by atoms with Gasteiger partial charge in [0, 0.05) is 6.42 Å². The fourth-order valence-corrected chi connectivity index (χ4v) is 3.64. The Morgan fingerprint density at radius 3 is 2.45 bits per heavy atom. The SMILES string of the molecule is CC(C)(C)C1CCC(O)(Cc2cccc(F)c2Br)CC1. The van der Waals surface area contributed by atoms with Crippen molar-refractivity contribution in [2.45, 2.75) is 58.5 Å². The van der Waals surface area contributed by atoms with E-state index in [4.69, 9.17) is 0 Å². The quantitative estimate of drug-likeness (QED) is 0.792. The summed E-state index contributed by atoms with van der Waals surface area (Å²) < 4.78 is 14.0. The van der Waals surface area contributed by atoms with E-state index in [2.05, 4.69) is 36.7 Å². The lowest BCUT2D eigenvalue weighted by Crippen LogP contribution is -2.39. The first-order valence-electron chi connectivity index (χ1n) is 7.36. The van der Waals surface area contributed by atoms with Gasteiger partial charge < -0.3 is 5.11 Å². The van der Waals surface area contributed by atoms with E-state index < -0.39 is 5.60 Å². The molecule has 0 saturated heterocycles. The Labute approximate surface area is 129 Å².